The number of carbonyl (C=O) groups excluding carboxylic acids is 2. The highest BCUT2D eigenvalue weighted by molar-refractivity contribution is 6.01. The van der Waals surface area contributed by atoms with Crippen molar-refractivity contribution in [2.45, 2.75) is 38.6 Å². The van der Waals surface area contributed by atoms with Crippen molar-refractivity contribution in [3.05, 3.63) is 35.9 Å². The highest BCUT2D eigenvalue weighted by Gasteiger charge is 2.53. The minimum absolute atomic E-state index is 0.584. The van der Waals surface area contributed by atoms with Crippen molar-refractivity contribution in [3.63, 3.8) is 0 Å². The first kappa shape index (κ1) is 13.5. The molecule has 2 atom stereocenters. The van der Waals surface area contributed by atoms with Gasteiger partial charge in [0.15, 0.2) is 0 Å². The number of rotatable bonds is 1. The average Bonchev–Trinajstić information content (AvgIpc) is 2.33. The quantitative estimate of drug-likeness (QED) is 0.733. The topological polar surface area (TPSA) is 46.6 Å². The molecule has 0 aromatic heterocycles. The van der Waals surface area contributed by atoms with Gasteiger partial charge in [-0.1, -0.05) is 30.3 Å². The first-order valence-electron chi connectivity index (χ1n) is 6.06. The molecule has 1 fully saturated rings. The molecule has 0 spiro atoms. The molecule has 0 N–H and O–H groups in total. The molecule has 5 heteroatoms. The van der Waals surface area contributed by atoms with E-state index in [-0.39, 0.29) is 0 Å². The molecule has 4 nitrogen and oxygen atoms in total. The van der Waals surface area contributed by atoms with Crippen molar-refractivity contribution in [3.8, 4) is 0 Å². The number of likely N-dealkylation sites (tertiary alicyclic amines) is 1. The smallest absolute Gasteiger partial charge is 0.417 e. The van der Waals surface area contributed by atoms with Crippen molar-refractivity contribution >= 4 is 12.0 Å². The van der Waals surface area contributed by atoms with Gasteiger partial charge in [0.25, 0.3) is 5.91 Å². The third-order valence-corrected chi connectivity index (χ3v) is 2.76. The number of amides is 2. The summed E-state index contributed by atoms with van der Waals surface area (Å²) in [6.07, 6.45) is -2.49. The summed E-state index contributed by atoms with van der Waals surface area (Å²) in [6.45, 7) is 5.08. The summed E-state index contributed by atoms with van der Waals surface area (Å²) in [7, 11) is 0. The van der Waals surface area contributed by atoms with Gasteiger partial charge in [-0.2, -0.15) is 0 Å². The third kappa shape index (κ3) is 2.59. The Morgan fingerprint density at radius 2 is 1.84 bits per heavy atom. The van der Waals surface area contributed by atoms with Crippen LogP contribution in [-0.4, -0.2) is 28.7 Å². The van der Waals surface area contributed by atoms with Gasteiger partial charge in [0, 0.05) is 0 Å². The number of hydrogen-bond donors (Lipinski definition) is 0. The van der Waals surface area contributed by atoms with Crippen LogP contribution >= 0.6 is 0 Å². The number of alkyl halides is 1. The minimum Gasteiger partial charge on any atom is -0.443 e. The maximum Gasteiger partial charge on any atom is 0.417 e. The van der Waals surface area contributed by atoms with Crippen LogP contribution < -0.4 is 0 Å². The van der Waals surface area contributed by atoms with Crippen molar-refractivity contribution < 1.29 is 18.7 Å². The van der Waals surface area contributed by atoms with E-state index in [1.807, 2.05) is 0 Å². The number of benzene rings is 1. The Morgan fingerprint density at radius 1 is 1.26 bits per heavy atom. The van der Waals surface area contributed by atoms with Crippen LogP contribution in [-0.2, 0) is 9.53 Å². The molecular weight excluding hydrogens is 249 g/mol. The van der Waals surface area contributed by atoms with E-state index in [0.717, 1.165) is 4.90 Å². The lowest BCUT2D eigenvalue weighted by Gasteiger charge is -2.41. The van der Waals surface area contributed by atoms with Crippen molar-refractivity contribution in [2.75, 3.05) is 0 Å². The summed E-state index contributed by atoms with van der Waals surface area (Å²) in [5.41, 5.74) is -0.138. The van der Waals surface area contributed by atoms with Crippen LogP contribution in [0.25, 0.3) is 0 Å². The van der Waals surface area contributed by atoms with Gasteiger partial charge in [0.2, 0.25) is 6.17 Å². The van der Waals surface area contributed by atoms with Gasteiger partial charge in [-0.15, -0.1) is 0 Å². The number of carbonyl (C=O) groups is 2. The van der Waals surface area contributed by atoms with Gasteiger partial charge >= 0.3 is 6.09 Å². The molecule has 0 saturated carbocycles. The van der Waals surface area contributed by atoms with E-state index in [1.165, 1.54) is 0 Å². The molecule has 1 aromatic rings. The zero-order valence-electron chi connectivity index (χ0n) is 11.1. The Balaban J connectivity index is 2.20. The first-order chi connectivity index (χ1) is 8.81. The van der Waals surface area contributed by atoms with Gasteiger partial charge in [-0.05, 0) is 26.3 Å². The minimum atomic E-state index is -1.69. The highest BCUT2D eigenvalue weighted by atomic mass is 19.1. The van der Waals surface area contributed by atoms with Crippen molar-refractivity contribution in [2.24, 2.45) is 0 Å². The van der Waals surface area contributed by atoms with Crippen LogP contribution in [0.2, 0.25) is 0 Å². The Kier molecular flexibility index (Phi) is 3.30. The van der Waals surface area contributed by atoms with E-state index in [9.17, 15) is 14.0 Å². The van der Waals surface area contributed by atoms with Gasteiger partial charge in [0.1, 0.15) is 11.6 Å². The van der Waals surface area contributed by atoms with Crippen LogP contribution in [0.1, 0.15) is 32.4 Å². The molecule has 0 unspecified atom stereocenters. The molecule has 1 saturated heterocycles. The fourth-order valence-electron chi connectivity index (χ4n) is 1.94. The summed E-state index contributed by atoms with van der Waals surface area (Å²) < 4.78 is 18.8. The molecule has 2 amide bonds. The number of nitrogens with zero attached hydrogens (tertiary/aromatic N) is 1. The van der Waals surface area contributed by atoms with E-state index in [1.54, 1.807) is 51.1 Å². The molecule has 102 valence electrons. The van der Waals surface area contributed by atoms with E-state index in [4.69, 9.17) is 4.74 Å². The van der Waals surface area contributed by atoms with Crippen LogP contribution in [0.15, 0.2) is 30.3 Å². The molecule has 2 rings (SSSR count). The predicted octanol–water partition coefficient (Wildman–Crippen LogP) is 2.84. The predicted molar refractivity (Wildman–Crippen MR) is 67.2 cm³/mol. The van der Waals surface area contributed by atoms with E-state index in [0.29, 0.717) is 5.56 Å². The maximum absolute atomic E-state index is 13.7. The fourth-order valence-corrected chi connectivity index (χ4v) is 1.94. The number of halogens is 1. The van der Waals surface area contributed by atoms with Crippen LogP contribution in [0.3, 0.4) is 0 Å². The second kappa shape index (κ2) is 4.64. The van der Waals surface area contributed by atoms with Crippen LogP contribution in [0, 0.1) is 0 Å². The Morgan fingerprint density at radius 3 is 2.37 bits per heavy atom. The summed E-state index contributed by atoms with van der Waals surface area (Å²) >= 11 is 0. The second-order valence-electron chi connectivity index (χ2n) is 5.45. The molecule has 1 aliphatic rings. The summed E-state index contributed by atoms with van der Waals surface area (Å²) in [5, 5.41) is 0. The molecule has 19 heavy (non-hydrogen) atoms. The molecule has 1 aromatic carbocycles. The number of β-lactam (4-membered cyclic amide) rings is 1. The molecule has 0 aliphatic carbocycles. The summed E-state index contributed by atoms with van der Waals surface area (Å²) in [6, 6.07) is 7.73. The van der Waals surface area contributed by atoms with E-state index < -0.39 is 29.8 Å². The van der Waals surface area contributed by atoms with Gasteiger partial charge in [-0.25, -0.2) is 14.1 Å². The normalized spacial score (nSPS) is 22.9. The van der Waals surface area contributed by atoms with Crippen molar-refractivity contribution in [1.82, 2.24) is 4.90 Å². The standard InChI is InChI=1S/C14H16FNO3/c1-14(2,3)19-13(18)16-11(10(15)12(16)17)9-7-5-4-6-8-9/h4-8,10-11H,1-3H3/t10-,11-/m0/s1. The fraction of sp³-hybridized carbons (Fsp3) is 0.429. The second-order valence-corrected chi connectivity index (χ2v) is 5.45. The Hall–Kier alpha value is -1.91. The number of ether oxygens (including phenoxy) is 1. The van der Waals surface area contributed by atoms with Gasteiger partial charge in [-0.3, -0.25) is 4.79 Å². The van der Waals surface area contributed by atoms with Gasteiger partial charge < -0.3 is 4.74 Å². The van der Waals surface area contributed by atoms with E-state index >= 15 is 0 Å². The SMILES string of the molecule is CC(C)(C)OC(=O)N1C(=O)[C@@H](F)[C@@H]1c1ccccc1. The molecule has 1 aliphatic heterocycles. The number of hydrogen-bond acceptors (Lipinski definition) is 3. The molecular formula is C14H16FNO3. The highest BCUT2D eigenvalue weighted by Crippen LogP contribution is 2.38. The third-order valence-electron chi connectivity index (χ3n) is 2.76. The summed E-state index contributed by atoms with van der Waals surface area (Å²) in [5.74, 6) is -0.844. The Bertz CT molecular complexity index is 495. The van der Waals surface area contributed by atoms with Crippen LogP contribution in [0.5, 0.6) is 0 Å². The van der Waals surface area contributed by atoms with E-state index in [2.05, 4.69) is 0 Å². The summed E-state index contributed by atoms with van der Waals surface area (Å²) in [4.78, 5) is 24.3. The number of imide groups is 1. The van der Waals surface area contributed by atoms with Crippen LogP contribution in [0.4, 0.5) is 9.18 Å². The lowest BCUT2D eigenvalue weighted by Crippen LogP contribution is -2.60. The molecule has 1 heterocycles. The monoisotopic (exact) mass is 265 g/mol. The largest absolute Gasteiger partial charge is 0.443 e. The average molecular weight is 265 g/mol. The first-order valence-corrected chi connectivity index (χ1v) is 6.06. The lowest BCUT2D eigenvalue weighted by molar-refractivity contribution is -0.156. The molecule has 0 bridgehead atoms. The van der Waals surface area contributed by atoms with Crippen molar-refractivity contribution in [1.29, 1.82) is 0 Å². The lowest BCUT2D eigenvalue weighted by atomic mass is 9.92. The molecule has 0 radical (unpaired) electrons. The zero-order chi connectivity index (χ0) is 14.2. The zero-order valence-corrected chi connectivity index (χ0v) is 11.1. The maximum atomic E-state index is 13.7. The Labute approximate surface area is 111 Å². The van der Waals surface area contributed by atoms with Gasteiger partial charge in [0.05, 0.1) is 0 Å².